The molecular weight excluding hydrogens is 372 g/mol. The number of carbonyl (C=O) groups is 1. The van der Waals surface area contributed by atoms with E-state index >= 15 is 0 Å². The number of benzene rings is 1. The van der Waals surface area contributed by atoms with Crippen molar-refractivity contribution in [2.75, 3.05) is 0 Å². The highest BCUT2D eigenvalue weighted by atomic mass is 16.5. The van der Waals surface area contributed by atoms with Crippen LogP contribution >= 0.6 is 0 Å². The number of carbonyl (C=O) groups excluding carboxylic acids is 1. The molecule has 0 saturated heterocycles. The van der Waals surface area contributed by atoms with Gasteiger partial charge in [-0.05, 0) is 96.9 Å². The van der Waals surface area contributed by atoms with Gasteiger partial charge in [0.1, 0.15) is 17.5 Å². The first-order chi connectivity index (χ1) is 14.0. The predicted molar refractivity (Wildman–Crippen MR) is 123 cm³/mol. The van der Waals surface area contributed by atoms with Crippen molar-refractivity contribution in [2.45, 2.75) is 104 Å². The van der Waals surface area contributed by atoms with Crippen LogP contribution in [0.4, 0.5) is 0 Å². The maximum absolute atomic E-state index is 12.3. The van der Waals surface area contributed by atoms with Crippen LogP contribution in [0.15, 0.2) is 36.4 Å². The fourth-order valence-corrected chi connectivity index (χ4v) is 4.93. The van der Waals surface area contributed by atoms with E-state index in [1.165, 1.54) is 37.7 Å². The molecule has 30 heavy (non-hydrogen) atoms. The SMILES string of the molecule is CC(C)(C)Oc1ccc(C2(C3C=CC(OC(=O)C(C)(C)C)CC3)CCCCC2)cc1. The Kier molecular flexibility index (Phi) is 6.69. The van der Waals surface area contributed by atoms with Crippen LogP contribution in [-0.2, 0) is 14.9 Å². The topological polar surface area (TPSA) is 35.5 Å². The average molecular weight is 413 g/mol. The van der Waals surface area contributed by atoms with E-state index < -0.39 is 5.41 Å². The summed E-state index contributed by atoms with van der Waals surface area (Å²) in [6.07, 6.45) is 12.7. The predicted octanol–water partition coefficient (Wildman–Crippen LogP) is 6.99. The van der Waals surface area contributed by atoms with Gasteiger partial charge >= 0.3 is 5.97 Å². The summed E-state index contributed by atoms with van der Waals surface area (Å²) in [5, 5.41) is 0. The summed E-state index contributed by atoms with van der Waals surface area (Å²) in [6, 6.07) is 8.84. The lowest BCUT2D eigenvalue weighted by Gasteiger charge is -2.45. The lowest BCUT2D eigenvalue weighted by Crippen LogP contribution is -2.39. The van der Waals surface area contributed by atoms with Crippen molar-refractivity contribution < 1.29 is 14.3 Å². The molecule has 3 rings (SSSR count). The Morgan fingerprint density at radius 2 is 1.53 bits per heavy atom. The number of rotatable bonds is 4. The van der Waals surface area contributed by atoms with Crippen molar-refractivity contribution in [2.24, 2.45) is 11.3 Å². The molecule has 0 amide bonds. The molecule has 0 spiro atoms. The largest absolute Gasteiger partial charge is 0.488 e. The third-order valence-electron chi connectivity index (χ3n) is 6.50. The molecule has 2 atom stereocenters. The van der Waals surface area contributed by atoms with Gasteiger partial charge in [0.2, 0.25) is 0 Å². The first kappa shape index (κ1) is 22.9. The van der Waals surface area contributed by atoms with Gasteiger partial charge in [-0.2, -0.15) is 0 Å². The molecule has 1 fully saturated rings. The first-order valence-corrected chi connectivity index (χ1v) is 11.7. The van der Waals surface area contributed by atoms with Gasteiger partial charge in [0.15, 0.2) is 0 Å². The van der Waals surface area contributed by atoms with E-state index in [4.69, 9.17) is 9.47 Å². The Hall–Kier alpha value is -1.77. The third kappa shape index (κ3) is 5.47. The molecule has 0 radical (unpaired) electrons. The molecule has 1 aromatic rings. The van der Waals surface area contributed by atoms with Crippen LogP contribution < -0.4 is 4.74 Å². The fraction of sp³-hybridized carbons (Fsp3) is 0.667. The molecule has 0 aromatic heterocycles. The first-order valence-electron chi connectivity index (χ1n) is 11.7. The number of hydrogen-bond acceptors (Lipinski definition) is 3. The number of hydrogen-bond donors (Lipinski definition) is 0. The van der Waals surface area contributed by atoms with Crippen molar-refractivity contribution in [1.29, 1.82) is 0 Å². The minimum Gasteiger partial charge on any atom is -0.488 e. The van der Waals surface area contributed by atoms with E-state index in [9.17, 15) is 4.79 Å². The van der Waals surface area contributed by atoms with Crippen LogP contribution in [0.25, 0.3) is 0 Å². The van der Waals surface area contributed by atoms with Crippen LogP contribution in [0, 0.1) is 11.3 Å². The average Bonchev–Trinajstić information content (AvgIpc) is 2.67. The van der Waals surface area contributed by atoms with Gasteiger partial charge in [-0.25, -0.2) is 0 Å². The smallest absolute Gasteiger partial charge is 0.311 e. The molecule has 0 heterocycles. The van der Waals surface area contributed by atoms with Gasteiger partial charge in [-0.1, -0.05) is 37.5 Å². The molecule has 1 saturated carbocycles. The second kappa shape index (κ2) is 8.77. The molecule has 2 aliphatic rings. The van der Waals surface area contributed by atoms with E-state index in [1.54, 1.807) is 0 Å². The number of ether oxygens (including phenoxy) is 2. The normalized spacial score (nSPS) is 24.3. The maximum atomic E-state index is 12.3. The molecule has 0 N–H and O–H groups in total. The second-order valence-electron chi connectivity index (χ2n) is 11.2. The minimum atomic E-state index is -0.452. The fourth-order valence-electron chi connectivity index (χ4n) is 4.93. The highest BCUT2D eigenvalue weighted by molar-refractivity contribution is 5.75. The Balaban J connectivity index is 1.78. The van der Waals surface area contributed by atoms with E-state index in [0.29, 0.717) is 5.92 Å². The van der Waals surface area contributed by atoms with Crippen molar-refractivity contribution in [3.63, 3.8) is 0 Å². The molecule has 166 valence electrons. The van der Waals surface area contributed by atoms with Crippen molar-refractivity contribution in [1.82, 2.24) is 0 Å². The summed E-state index contributed by atoms with van der Waals surface area (Å²) in [6.45, 7) is 12.0. The summed E-state index contributed by atoms with van der Waals surface area (Å²) < 4.78 is 11.8. The molecule has 0 bridgehead atoms. The third-order valence-corrected chi connectivity index (χ3v) is 6.50. The summed E-state index contributed by atoms with van der Waals surface area (Å²) in [5.74, 6) is 1.32. The molecule has 1 aromatic carbocycles. The van der Waals surface area contributed by atoms with Crippen molar-refractivity contribution in [3.05, 3.63) is 42.0 Å². The summed E-state index contributed by atoms with van der Waals surface area (Å²) in [4.78, 5) is 12.3. The molecular formula is C27H40O3. The highest BCUT2D eigenvalue weighted by Gasteiger charge is 2.41. The van der Waals surface area contributed by atoms with Crippen LogP contribution in [0.5, 0.6) is 5.75 Å². The van der Waals surface area contributed by atoms with Crippen LogP contribution in [-0.4, -0.2) is 17.7 Å². The van der Waals surface area contributed by atoms with E-state index in [1.807, 2.05) is 20.8 Å². The molecule has 3 nitrogen and oxygen atoms in total. The Bertz CT molecular complexity index is 740. The van der Waals surface area contributed by atoms with Crippen molar-refractivity contribution >= 4 is 5.97 Å². The van der Waals surface area contributed by atoms with Gasteiger partial charge in [0.05, 0.1) is 5.41 Å². The maximum Gasteiger partial charge on any atom is 0.311 e. The highest BCUT2D eigenvalue weighted by Crippen LogP contribution is 2.49. The van der Waals surface area contributed by atoms with E-state index in [2.05, 4.69) is 57.2 Å². The molecule has 2 aliphatic carbocycles. The second-order valence-corrected chi connectivity index (χ2v) is 11.2. The van der Waals surface area contributed by atoms with Gasteiger partial charge < -0.3 is 9.47 Å². The van der Waals surface area contributed by atoms with Crippen LogP contribution in [0.3, 0.4) is 0 Å². The zero-order valence-corrected chi connectivity index (χ0v) is 19.8. The van der Waals surface area contributed by atoms with Gasteiger partial charge in [-0.3, -0.25) is 4.79 Å². The van der Waals surface area contributed by atoms with Gasteiger partial charge in [0.25, 0.3) is 0 Å². The van der Waals surface area contributed by atoms with Crippen molar-refractivity contribution in [3.8, 4) is 5.75 Å². The van der Waals surface area contributed by atoms with E-state index in [-0.39, 0.29) is 23.1 Å². The number of esters is 1. The lowest BCUT2D eigenvalue weighted by atomic mass is 9.60. The minimum absolute atomic E-state index is 0.0869. The van der Waals surface area contributed by atoms with Gasteiger partial charge in [0, 0.05) is 5.41 Å². The summed E-state index contributed by atoms with van der Waals surface area (Å²) in [7, 11) is 0. The molecule has 0 aliphatic heterocycles. The lowest BCUT2D eigenvalue weighted by molar-refractivity contribution is -0.157. The zero-order chi connectivity index (χ0) is 22.0. The summed E-state index contributed by atoms with van der Waals surface area (Å²) in [5.41, 5.74) is 0.985. The Morgan fingerprint density at radius 1 is 0.900 bits per heavy atom. The molecule has 2 unspecified atom stereocenters. The Labute approximate surface area is 183 Å². The quantitative estimate of drug-likeness (QED) is 0.395. The monoisotopic (exact) mass is 412 g/mol. The van der Waals surface area contributed by atoms with Gasteiger partial charge in [-0.15, -0.1) is 0 Å². The zero-order valence-electron chi connectivity index (χ0n) is 19.8. The number of allylic oxidation sites excluding steroid dienone is 1. The molecule has 3 heteroatoms. The summed E-state index contributed by atoms with van der Waals surface area (Å²) >= 11 is 0. The Morgan fingerprint density at radius 3 is 2.03 bits per heavy atom. The standard InChI is InChI=1S/C27H40O3/c1-25(2,3)24(28)29-22-14-10-20(11-15-22)27(18-8-7-9-19-27)21-12-16-23(17-13-21)30-26(4,5)6/h10,12-14,16-17,20,22H,7-9,11,15,18-19H2,1-6H3. The van der Waals surface area contributed by atoms with Crippen LogP contribution in [0.1, 0.15) is 92.1 Å². The van der Waals surface area contributed by atoms with Crippen LogP contribution in [0.2, 0.25) is 0 Å². The van der Waals surface area contributed by atoms with E-state index in [0.717, 1.165) is 18.6 Å².